The molecule has 0 radical (unpaired) electrons. The van der Waals surface area contributed by atoms with Crippen LogP contribution in [-0.4, -0.2) is 81.2 Å². The van der Waals surface area contributed by atoms with Crippen LogP contribution in [0.4, 0.5) is 14.0 Å². The van der Waals surface area contributed by atoms with Gasteiger partial charge in [-0.15, -0.1) is 0 Å². The fraction of sp³-hybridized carbons (Fsp3) is 0.692. The van der Waals surface area contributed by atoms with Crippen LogP contribution in [0.1, 0.15) is 49.3 Å². The van der Waals surface area contributed by atoms with Crippen molar-refractivity contribution in [1.29, 1.82) is 0 Å². The summed E-state index contributed by atoms with van der Waals surface area (Å²) in [4.78, 5) is 25.9. The zero-order chi connectivity index (χ0) is 25.9. The van der Waals surface area contributed by atoms with E-state index in [4.69, 9.17) is 14.6 Å². The summed E-state index contributed by atoms with van der Waals surface area (Å²) in [6.07, 6.45) is 2.80. The molecule has 0 saturated carbocycles. The Kier molecular flexibility index (Phi) is 11.2. The van der Waals surface area contributed by atoms with E-state index in [1.54, 1.807) is 17.0 Å². The SMILES string of the molecule is CNC[C@H](CC1CCOCC1)NC(=O)N1CCC[C@@H](C(OCCNC(=O)O)c2cc(C)ccc2F)C1. The molecule has 10 heteroatoms. The number of amides is 3. The second-order valence-corrected chi connectivity index (χ2v) is 9.89. The van der Waals surface area contributed by atoms with Gasteiger partial charge in [0.25, 0.3) is 0 Å². The minimum absolute atomic E-state index is 0.0225. The van der Waals surface area contributed by atoms with Crippen molar-refractivity contribution in [2.24, 2.45) is 11.8 Å². The Morgan fingerprint density at radius 2 is 2.06 bits per heavy atom. The Morgan fingerprint density at radius 1 is 1.28 bits per heavy atom. The third-order valence-electron chi connectivity index (χ3n) is 7.04. The Balaban J connectivity index is 1.66. The molecule has 202 valence electrons. The summed E-state index contributed by atoms with van der Waals surface area (Å²) in [7, 11) is 1.89. The fourth-order valence-electron chi connectivity index (χ4n) is 5.24. The summed E-state index contributed by atoms with van der Waals surface area (Å²) in [6, 6.07) is 4.84. The van der Waals surface area contributed by atoms with Gasteiger partial charge in [-0.05, 0) is 58.1 Å². The Bertz CT molecular complexity index is 852. The first-order valence-electron chi connectivity index (χ1n) is 13.0. The predicted octanol–water partition coefficient (Wildman–Crippen LogP) is 3.29. The van der Waals surface area contributed by atoms with Gasteiger partial charge in [0, 0.05) is 56.9 Å². The highest BCUT2D eigenvalue weighted by Gasteiger charge is 2.33. The molecular formula is C26H41FN4O5. The molecular weight excluding hydrogens is 467 g/mol. The third kappa shape index (κ3) is 8.60. The van der Waals surface area contributed by atoms with Crippen molar-refractivity contribution in [2.75, 3.05) is 53.0 Å². The fourth-order valence-corrected chi connectivity index (χ4v) is 5.24. The highest BCUT2D eigenvalue weighted by molar-refractivity contribution is 5.74. The van der Waals surface area contributed by atoms with E-state index in [2.05, 4.69) is 16.0 Å². The van der Waals surface area contributed by atoms with Crippen LogP contribution in [0, 0.1) is 24.6 Å². The van der Waals surface area contributed by atoms with Crippen molar-refractivity contribution in [3.05, 3.63) is 35.1 Å². The van der Waals surface area contributed by atoms with Gasteiger partial charge in [0.05, 0.1) is 12.7 Å². The quantitative estimate of drug-likeness (QED) is 0.341. The molecule has 9 nitrogen and oxygen atoms in total. The van der Waals surface area contributed by atoms with Crippen LogP contribution >= 0.6 is 0 Å². The van der Waals surface area contributed by atoms with Crippen LogP contribution in [0.25, 0.3) is 0 Å². The Labute approximate surface area is 213 Å². The molecule has 3 rings (SSSR count). The molecule has 2 saturated heterocycles. The lowest BCUT2D eigenvalue weighted by atomic mass is 9.87. The second-order valence-electron chi connectivity index (χ2n) is 9.89. The molecule has 4 N–H and O–H groups in total. The number of nitrogens with one attached hydrogen (secondary N) is 3. The van der Waals surface area contributed by atoms with Crippen LogP contribution in [0.5, 0.6) is 0 Å². The smallest absolute Gasteiger partial charge is 0.404 e. The maximum absolute atomic E-state index is 14.8. The zero-order valence-corrected chi connectivity index (χ0v) is 21.4. The third-order valence-corrected chi connectivity index (χ3v) is 7.04. The second kappa shape index (κ2) is 14.3. The van der Waals surface area contributed by atoms with Crippen LogP contribution in [0.3, 0.4) is 0 Å². The van der Waals surface area contributed by atoms with Gasteiger partial charge in [0.1, 0.15) is 5.82 Å². The van der Waals surface area contributed by atoms with Crippen LogP contribution in [0.2, 0.25) is 0 Å². The van der Waals surface area contributed by atoms with E-state index in [1.165, 1.54) is 6.07 Å². The minimum Gasteiger partial charge on any atom is -0.465 e. The van der Waals surface area contributed by atoms with Crippen LogP contribution in [-0.2, 0) is 9.47 Å². The highest BCUT2D eigenvalue weighted by Crippen LogP contribution is 2.35. The maximum Gasteiger partial charge on any atom is 0.404 e. The van der Waals surface area contributed by atoms with Crippen molar-refractivity contribution >= 4 is 12.1 Å². The number of benzene rings is 1. The molecule has 2 aliphatic heterocycles. The number of piperidine rings is 1. The molecule has 2 aliphatic rings. The standard InChI is InChI=1S/C26H41FN4O5/c1-18-5-6-23(27)22(14-18)24(36-13-9-29-26(33)34)20-4-3-10-31(17-20)25(32)30-21(16-28-2)15-19-7-11-35-12-8-19/h5-6,14,19-21,24,28-29H,3-4,7-13,15-17H2,1-2H3,(H,30,32)(H,33,34)/t20-,21+,24?/m1/s1. The van der Waals surface area contributed by atoms with Gasteiger partial charge in [0.2, 0.25) is 0 Å². The lowest BCUT2D eigenvalue weighted by molar-refractivity contribution is -0.0105. The average Bonchev–Trinajstić information content (AvgIpc) is 2.86. The zero-order valence-electron chi connectivity index (χ0n) is 21.4. The molecule has 0 aromatic heterocycles. The van der Waals surface area contributed by atoms with Gasteiger partial charge in [-0.2, -0.15) is 0 Å². The first kappa shape index (κ1) is 28.1. The number of halogens is 1. The summed E-state index contributed by atoms with van der Waals surface area (Å²) in [5, 5.41) is 17.5. The van der Waals surface area contributed by atoms with Crippen molar-refractivity contribution in [3.63, 3.8) is 0 Å². The van der Waals surface area contributed by atoms with Crippen molar-refractivity contribution in [3.8, 4) is 0 Å². The highest BCUT2D eigenvalue weighted by atomic mass is 19.1. The molecule has 2 fully saturated rings. The maximum atomic E-state index is 14.8. The predicted molar refractivity (Wildman–Crippen MR) is 135 cm³/mol. The Hall–Kier alpha value is -2.43. The van der Waals surface area contributed by atoms with Crippen LogP contribution in [0.15, 0.2) is 18.2 Å². The first-order valence-corrected chi connectivity index (χ1v) is 13.0. The normalized spacial score (nSPS) is 20.5. The molecule has 3 atom stereocenters. The first-order chi connectivity index (χ1) is 17.4. The summed E-state index contributed by atoms with van der Waals surface area (Å²) in [6.45, 7) is 5.44. The van der Waals surface area contributed by atoms with Gasteiger partial charge in [-0.3, -0.25) is 0 Å². The number of hydrogen-bond donors (Lipinski definition) is 4. The molecule has 36 heavy (non-hydrogen) atoms. The van der Waals surface area contributed by atoms with Crippen molar-refractivity contribution in [1.82, 2.24) is 20.9 Å². The largest absolute Gasteiger partial charge is 0.465 e. The number of carboxylic acid groups (broad SMARTS) is 1. The molecule has 0 spiro atoms. The number of ether oxygens (including phenoxy) is 2. The number of urea groups is 1. The summed E-state index contributed by atoms with van der Waals surface area (Å²) in [5.74, 6) is 0.0702. The van der Waals surface area contributed by atoms with Gasteiger partial charge in [-0.1, -0.05) is 17.7 Å². The van der Waals surface area contributed by atoms with E-state index >= 15 is 0 Å². The number of likely N-dealkylation sites (N-methyl/N-ethyl adjacent to an activating group) is 1. The van der Waals surface area contributed by atoms with Gasteiger partial charge in [-0.25, -0.2) is 14.0 Å². The lowest BCUT2D eigenvalue weighted by Gasteiger charge is -2.38. The molecule has 1 aromatic rings. The molecule has 0 aliphatic carbocycles. The molecule has 2 heterocycles. The van der Waals surface area contributed by atoms with E-state index in [9.17, 15) is 14.0 Å². The number of rotatable bonds is 11. The van der Waals surface area contributed by atoms with Crippen molar-refractivity contribution in [2.45, 2.75) is 51.2 Å². The summed E-state index contributed by atoms with van der Waals surface area (Å²) >= 11 is 0. The topological polar surface area (TPSA) is 112 Å². The molecule has 1 aromatic carbocycles. The van der Waals surface area contributed by atoms with E-state index in [0.29, 0.717) is 31.1 Å². The molecule has 1 unspecified atom stereocenters. The minimum atomic E-state index is -1.13. The summed E-state index contributed by atoms with van der Waals surface area (Å²) in [5.41, 5.74) is 1.36. The van der Waals surface area contributed by atoms with E-state index < -0.39 is 12.2 Å². The molecule has 0 bridgehead atoms. The number of carbonyl (C=O) groups excluding carboxylic acids is 1. The number of carbonyl (C=O) groups is 2. The van der Waals surface area contributed by atoms with E-state index in [0.717, 1.165) is 50.9 Å². The van der Waals surface area contributed by atoms with Gasteiger partial charge >= 0.3 is 12.1 Å². The van der Waals surface area contributed by atoms with E-state index in [1.807, 2.05) is 14.0 Å². The van der Waals surface area contributed by atoms with E-state index in [-0.39, 0.29) is 37.0 Å². The van der Waals surface area contributed by atoms with Gasteiger partial charge in [0.15, 0.2) is 0 Å². The number of aryl methyl sites for hydroxylation is 1. The average molecular weight is 509 g/mol. The number of likely N-dealkylation sites (tertiary alicyclic amines) is 1. The summed E-state index contributed by atoms with van der Waals surface area (Å²) < 4.78 is 26.4. The van der Waals surface area contributed by atoms with Crippen molar-refractivity contribution < 1.29 is 28.6 Å². The Morgan fingerprint density at radius 3 is 2.78 bits per heavy atom. The number of hydrogen-bond acceptors (Lipinski definition) is 5. The van der Waals surface area contributed by atoms with Crippen LogP contribution < -0.4 is 16.0 Å². The monoisotopic (exact) mass is 508 g/mol. The lowest BCUT2D eigenvalue weighted by Crippen LogP contribution is -2.52. The van der Waals surface area contributed by atoms with Gasteiger partial charge < -0.3 is 35.4 Å². The number of nitrogens with zero attached hydrogens (tertiary/aromatic N) is 1. The molecule has 3 amide bonds.